The van der Waals surface area contributed by atoms with Crippen molar-refractivity contribution in [2.75, 3.05) is 7.11 Å². The fourth-order valence-corrected chi connectivity index (χ4v) is 2.07. The summed E-state index contributed by atoms with van der Waals surface area (Å²) in [6.45, 7) is 0. The predicted octanol–water partition coefficient (Wildman–Crippen LogP) is 3.10. The maximum absolute atomic E-state index is 12.4. The van der Waals surface area contributed by atoms with E-state index < -0.39 is 23.8 Å². The second kappa shape index (κ2) is 5.21. The fraction of sp³-hybridized carbons (Fsp3) is 0.462. The second-order valence-electron chi connectivity index (χ2n) is 4.33. The Morgan fingerprint density at radius 3 is 2.42 bits per heavy atom. The van der Waals surface area contributed by atoms with Crippen LogP contribution in [0.4, 0.5) is 13.2 Å². The van der Waals surface area contributed by atoms with E-state index in [1.165, 1.54) is 19.2 Å². The number of benzene rings is 1. The van der Waals surface area contributed by atoms with Crippen LogP contribution in [0.2, 0.25) is 0 Å². The molecule has 0 unspecified atom stereocenters. The lowest BCUT2D eigenvalue weighted by Crippen LogP contribution is -2.21. The lowest BCUT2D eigenvalue weighted by atomic mass is 10.0. The van der Waals surface area contributed by atoms with Crippen molar-refractivity contribution in [2.24, 2.45) is 0 Å². The Bertz CT molecular complexity index is 453. The number of ether oxygens (including phenoxy) is 2. The van der Waals surface area contributed by atoms with Gasteiger partial charge in [0.1, 0.15) is 0 Å². The van der Waals surface area contributed by atoms with E-state index in [4.69, 9.17) is 4.74 Å². The molecular formula is C13H13F3O3. The van der Waals surface area contributed by atoms with Gasteiger partial charge in [-0.25, -0.2) is 4.79 Å². The van der Waals surface area contributed by atoms with Crippen molar-refractivity contribution >= 4 is 5.97 Å². The van der Waals surface area contributed by atoms with Gasteiger partial charge in [0.05, 0.1) is 18.8 Å². The van der Waals surface area contributed by atoms with Gasteiger partial charge in [0.25, 0.3) is 0 Å². The van der Waals surface area contributed by atoms with Crippen LogP contribution in [0, 0.1) is 0 Å². The van der Waals surface area contributed by atoms with Crippen molar-refractivity contribution in [2.45, 2.75) is 31.2 Å². The van der Waals surface area contributed by atoms with Gasteiger partial charge in [-0.05, 0) is 30.5 Å². The van der Waals surface area contributed by atoms with Gasteiger partial charge in [0.15, 0.2) is 6.10 Å². The molecule has 0 saturated carbocycles. The molecule has 1 aliphatic heterocycles. The first-order valence-electron chi connectivity index (χ1n) is 5.82. The van der Waals surface area contributed by atoms with Crippen LogP contribution in [0.15, 0.2) is 24.3 Å². The summed E-state index contributed by atoms with van der Waals surface area (Å²) in [5.41, 5.74) is -0.0573. The standard InChI is InChI=1S/C13H13F3O3/c1-18-12(17)11-7-6-10(19-11)8-2-4-9(5-3-8)13(14,15)16/h2-5,10-11H,6-7H2,1H3/t10-,11+/m1/s1. The van der Waals surface area contributed by atoms with Crippen molar-refractivity contribution in [3.05, 3.63) is 35.4 Å². The zero-order valence-electron chi connectivity index (χ0n) is 10.2. The van der Waals surface area contributed by atoms with E-state index in [0.717, 1.165) is 12.1 Å². The molecule has 0 spiro atoms. The summed E-state index contributed by atoms with van der Waals surface area (Å²) in [4.78, 5) is 11.3. The summed E-state index contributed by atoms with van der Waals surface area (Å²) in [6, 6.07) is 4.80. The molecular weight excluding hydrogens is 261 g/mol. The average molecular weight is 274 g/mol. The number of methoxy groups -OCH3 is 1. The minimum absolute atomic E-state index is 0.355. The SMILES string of the molecule is COC(=O)[C@@H]1CC[C@H](c2ccc(C(F)(F)F)cc2)O1. The molecule has 6 heteroatoms. The number of halogens is 3. The number of rotatable bonds is 2. The molecule has 1 fully saturated rings. The fourth-order valence-electron chi connectivity index (χ4n) is 2.07. The Hall–Kier alpha value is -1.56. The molecule has 0 aliphatic carbocycles. The molecule has 0 amide bonds. The van der Waals surface area contributed by atoms with Crippen molar-refractivity contribution in [3.8, 4) is 0 Å². The molecule has 2 atom stereocenters. The lowest BCUT2D eigenvalue weighted by molar-refractivity contribution is -0.153. The van der Waals surface area contributed by atoms with E-state index >= 15 is 0 Å². The molecule has 1 aliphatic rings. The van der Waals surface area contributed by atoms with Gasteiger partial charge in [-0.1, -0.05) is 12.1 Å². The van der Waals surface area contributed by atoms with Crippen molar-refractivity contribution in [1.82, 2.24) is 0 Å². The molecule has 0 bridgehead atoms. The highest BCUT2D eigenvalue weighted by Gasteiger charge is 2.33. The Morgan fingerprint density at radius 1 is 1.26 bits per heavy atom. The third kappa shape index (κ3) is 3.07. The molecule has 104 valence electrons. The number of esters is 1. The third-order valence-corrected chi connectivity index (χ3v) is 3.09. The Kier molecular flexibility index (Phi) is 3.80. The highest BCUT2D eigenvalue weighted by Crippen LogP contribution is 2.35. The van der Waals surface area contributed by atoms with Crippen LogP contribution in [0.3, 0.4) is 0 Å². The number of hydrogen-bond acceptors (Lipinski definition) is 3. The topological polar surface area (TPSA) is 35.5 Å². The highest BCUT2D eigenvalue weighted by atomic mass is 19.4. The molecule has 1 aromatic rings. The molecule has 19 heavy (non-hydrogen) atoms. The van der Waals surface area contributed by atoms with Gasteiger partial charge in [-0.15, -0.1) is 0 Å². The van der Waals surface area contributed by atoms with Crippen LogP contribution < -0.4 is 0 Å². The molecule has 1 heterocycles. The number of hydrogen-bond donors (Lipinski definition) is 0. The smallest absolute Gasteiger partial charge is 0.416 e. The number of alkyl halides is 3. The van der Waals surface area contributed by atoms with Gasteiger partial charge < -0.3 is 9.47 Å². The number of carbonyl (C=O) groups is 1. The Labute approximate surface area is 108 Å². The summed E-state index contributed by atoms with van der Waals surface area (Å²) < 4.78 is 47.3. The number of carbonyl (C=O) groups excluding carboxylic acids is 1. The predicted molar refractivity (Wildman–Crippen MR) is 60.3 cm³/mol. The molecule has 0 aromatic heterocycles. The third-order valence-electron chi connectivity index (χ3n) is 3.09. The zero-order valence-corrected chi connectivity index (χ0v) is 10.2. The minimum atomic E-state index is -4.34. The average Bonchev–Trinajstić information content (AvgIpc) is 2.86. The van der Waals surface area contributed by atoms with E-state index in [0.29, 0.717) is 18.4 Å². The van der Waals surface area contributed by atoms with Crippen LogP contribution in [0.1, 0.15) is 30.1 Å². The van der Waals surface area contributed by atoms with Crippen LogP contribution >= 0.6 is 0 Å². The van der Waals surface area contributed by atoms with Crippen LogP contribution in [0.25, 0.3) is 0 Å². The maximum atomic E-state index is 12.4. The summed E-state index contributed by atoms with van der Waals surface area (Å²) in [5, 5.41) is 0. The van der Waals surface area contributed by atoms with Gasteiger partial charge in [0, 0.05) is 0 Å². The summed E-state index contributed by atoms with van der Waals surface area (Å²) >= 11 is 0. The summed E-state index contributed by atoms with van der Waals surface area (Å²) in [6.07, 6.45) is -4.23. The van der Waals surface area contributed by atoms with Crippen molar-refractivity contribution < 1.29 is 27.4 Å². The van der Waals surface area contributed by atoms with E-state index in [2.05, 4.69) is 4.74 Å². The first kappa shape index (κ1) is 13.9. The lowest BCUT2D eigenvalue weighted by Gasteiger charge is -2.13. The van der Waals surface area contributed by atoms with E-state index in [1.54, 1.807) is 0 Å². The molecule has 2 rings (SSSR count). The molecule has 0 radical (unpaired) electrons. The van der Waals surface area contributed by atoms with Gasteiger partial charge in [0.2, 0.25) is 0 Å². The van der Waals surface area contributed by atoms with Crippen LogP contribution in [-0.4, -0.2) is 19.2 Å². The van der Waals surface area contributed by atoms with E-state index in [-0.39, 0.29) is 6.10 Å². The quantitative estimate of drug-likeness (QED) is 0.777. The normalized spacial score (nSPS) is 23.4. The van der Waals surface area contributed by atoms with Crippen molar-refractivity contribution in [1.29, 1.82) is 0 Å². The first-order valence-corrected chi connectivity index (χ1v) is 5.82. The molecule has 1 aromatic carbocycles. The zero-order chi connectivity index (χ0) is 14.0. The highest BCUT2D eigenvalue weighted by molar-refractivity contribution is 5.74. The van der Waals surface area contributed by atoms with Gasteiger partial charge >= 0.3 is 12.1 Å². The minimum Gasteiger partial charge on any atom is -0.467 e. The molecule has 0 N–H and O–H groups in total. The largest absolute Gasteiger partial charge is 0.467 e. The van der Waals surface area contributed by atoms with E-state index in [9.17, 15) is 18.0 Å². The van der Waals surface area contributed by atoms with Crippen LogP contribution in [-0.2, 0) is 20.4 Å². The summed E-state index contributed by atoms with van der Waals surface area (Å²) in [7, 11) is 1.27. The van der Waals surface area contributed by atoms with Gasteiger partial charge in [-0.3, -0.25) is 0 Å². The maximum Gasteiger partial charge on any atom is 0.416 e. The summed E-state index contributed by atoms with van der Waals surface area (Å²) in [5.74, 6) is -0.450. The molecule has 1 saturated heterocycles. The van der Waals surface area contributed by atoms with Crippen molar-refractivity contribution in [3.63, 3.8) is 0 Å². The molecule has 3 nitrogen and oxygen atoms in total. The Balaban J connectivity index is 2.06. The second-order valence-corrected chi connectivity index (χ2v) is 4.33. The first-order chi connectivity index (χ1) is 8.91. The van der Waals surface area contributed by atoms with E-state index in [1.807, 2.05) is 0 Å². The monoisotopic (exact) mass is 274 g/mol. The van der Waals surface area contributed by atoms with Gasteiger partial charge in [-0.2, -0.15) is 13.2 Å². The van der Waals surface area contributed by atoms with Crippen LogP contribution in [0.5, 0.6) is 0 Å². The Morgan fingerprint density at radius 2 is 1.89 bits per heavy atom.